The van der Waals surface area contributed by atoms with Crippen LogP contribution in [0.4, 0.5) is 11.4 Å². The van der Waals surface area contributed by atoms with Gasteiger partial charge in [-0.15, -0.1) is 0 Å². The van der Waals surface area contributed by atoms with Gasteiger partial charge in [-0.25, -0.2) is 4.68 Å². The van der Waals surface area contributed by atoms with Crippen LogP contribution in [0.25, 0.3) is 5.69 Å². The quantitative estimate of drug-likeness (QED) is 0.720. The molecule has 3 aromatic rings. The Bertz CT molecular complexity index is 1180. The molecule has 1 atom stereocenters. The van der Waals surface area contributed by atoms with Gasteiger partial charge in [0, 0.05) is 7.05 Å². The van der Waals surface area contributed by atoms with Gasteiger partial charge in [0.2, 0.25) is 5.91 Å². The van der Waals surface area contributed by atoms with Gasteiger partial charge in [0.05, 0.1) is 17.1 Å². The van der Waals surface area contributed by atoms with Gasteiger partial charge in [0.1, 0.15) is 18.0 Å². The minimum atomic E-state index is -0.693. The van der Waals surface area contributed by atoms with E-state index in [-0.39, 0.29) is 23.7 Å². The molecule has 8 heteroatoms. The third-order valence-electron chi connectivity index (χ3n) is 5.19. The van der Waals surface area contributed by atoms with Gasteiger partial charge < -0.3 is 10.1 Å². The Kier molecular flexibility index (Phi) is 4.91. The van der Waals surface area contributed by atoms with Crippen molar-refractivity contribution in [3.8, 4) is 11.4 Å². The van der Waals surface area contributed by atoms with Crippen LogP contribution in [0.1, 0.15) is 12.6 Å². The van der Waals surface area contributed by atoms with E-state index < -0.39 is 12.0 Å². The smallest absolute Gasteiger partial charge is 0.295 e. The SMILES string of the molecule is Cc1c(NC(=O)CN2C(=O)C(C)Oc3ccccc32)c(=O)n(-c2ccccc2)n1C. The number of amides is 2. The van der Waals surface area contributed by atoms with Gasteiger partial charge in [0.25, 0.3) is 11.5 Å². The summed E-state index contributed by atoms with van der Waals surface area (Å²) in [5, 5.41) is 2.70. The van der Waals surface area contributed by atoms with Crippen LogP contribution in [-0.2, 0) is 16.6 Å². The van der Waals surface area contributed by atoms with Gasteiger partial charge in [0.15, 0.2) is 6.10 Å². The molecular weight excluding hydrogens is 384 g/mol. The Morgan fingerprint density at radius 1 is 1.07 bits per heavy atom. The van der Waals surface area contributed by atoms with Crippen molar-refractivity contribution in [2.24, 2.45) is 7.05 Å². The lowest BCUT2D eigenvalue weighted by atomic mass is 10.2. The third kappa shape index (κ3) is 3.26. The first kappa shape index (κ1) is 19.5. The molecule has 1 N–H and O–H groups in total. The van der Waals surface area contributed by atoms with Gasteiger partial charge in [-0.3, -0.25) is 24.0 Å². The Balaban J connectivity index is 1.62. The fourth-order valence-corrected chi connectivity index (χ4v) is 3.56. The molecule has 1 aliphatic heterocycles. The molecule has 0 bridgehead atoms. The first-order chi connectivity index (χ1) is 14.4. The number of benzene rings is 2. The molecule has 1 aliphatic rings. The van der Waals surface area contributed by atoms with Crippen LogP contribution in [0.2, 0.25) is 0 Å². The second-order valence-corrected chi connectivity index (χ2v) is 7.14. The summed E-state index contributed by atoms with van der Waals surface area (Å²) in [5.41, 5.74) is 1.69. The van der Waals surface area contributed by atoms with E-state index in [9.17, 15) is 14.4 Å². The maximum atomic E-state index is 13.0. The molecule has 2 amide bonds. The number of carbonyl (C=O) groups excluding carboxylic acids is 2. The highest BCUT2D eigenvalue weighted by molar-refractivity contribution is 6.06. The van der Waals surface area contributed by atoms with Crippen molar-refractivity contribution in [1.29, 1.82) is 0 Å². The summed E-state index contributed by atoms with van der Waals surface area (Å²) in [6, 6.07) is 16.2. The van der Waals surface area contributed by atoms with E-state index in [1.165, 1.54) is 9.58 Å². The number of hydrogen-bond acceptors (Lipinski definition) is 4. The maximum absolute atomic E-state index is 13.0. The van der Waals surface area contributed by atoms with Crippen molar-refractivity contribution < 1.29 is 14.3 Å². The molecule has 4 rings (SSSR count). The molecule has 8 nitrogen and oxygen atoms in total. The van der Waals surface area contributed by atoms with Gasteiger partial charge in [-0.05, 0) is 38.1 Å². The van der Waals surface area contributed by atoms with Crippen LogP contribution in [0.15, 0.2) is 59.4 Å². The summed E-state index contributed by atoms with van der Waals surface area (Å²) in [4.78, 5) is 39.8. The number of ether oxygens (including phenoxy) is 1. The number of para-hydroxylation sites is 3. The van der Waals surface area contributed by atoms with Crippen molar-refractivity contribution in [2.45, 2.75) is 20.0 Å². The molecule has 30 heavy (non-hydrogen) atoms. The van der Waals surface area contributed by atoms with Crippen molar-refractivity contribution in [3.63, 3.8) is 0 Å². The first-order valence-corrected chi connectivity index (χ1v) is 9.59. The number of carbonyl (C=O) groups is 2. The normalized spacial score (nSPS) is 15.5. The molecule has 0 fully saturated rings. The average Bonchev–Trinajstić information content (AvgIpc) is 2.95. The van der Waals surface area contributed by atoms with Crippen molar-refractivity contribution in [2.75, 3.05) is 16.8 Å². The summed E-state index contributed by atoms with van der Waals surface area (Å²) in [6.45, 7) is 3.18. The van der Waals surface area contributed by atoms with Crippen LogP contribution >= 0.6 is 0 Å². The molecular formula is C22H22N4O4. The zero-order valence-electron chi connectivity index (χ0n) is 17.0. The molecule has 154 valence electrons. The van der Waals surface area contributed by atoms with E-state index in [1.54, 1.807) is 49.8 Å². The monoisotopic (exact) mass is 406 g/mol. The summed E-state index contributed by atoms with van der Waals surface area (Å²) >= 11 is 0. The zero-order valence-corrected chi connectivity index (χ0v) is 17.0. The second-order valence-electron chi connectivity index (χ2n) is 7.14. The van der Waals surface area contributed by atoms with Gasteiger partial charge in [-0.2, -0.15) is 0 Å². The molecule has 0 radical (unpaired) electrons. The van der Waals surface area contributed by atoms with Crippen molar-refractivity contribution in [1.82, 2.24) is 9.36 Å². The standard InChI is InChI=1S/C22H22N4O4/c1-14-20(22(29)26(24(14)3)16-9-5-4-6-10-16)23-19(27)13-25-17-11-7-8-12-18(17)30-15(2)21(25)28/h4-12,15H,13H2,1-3H3,(H,23,27). The van der Waals surface area contributed by atoms with E-state index in [0.717, 1.165) is 0 Å². The lowest BCUT2D eigenvalue weighted by Crippen LogP contribution is -2.47. The molecule has 1 unspecified atom stereocenters. The summed E-state index contributed by atoms with van der Waals surface area (Å²) < 4.78 is 8.77. The minimum absolute atomic E-state index is 0.188. The molecule has 1 aromatic heterocycles. The summed E-state index contributed by atoms with van der Waals surface area (Å²) in [6.07, 6.45) is -0.693. The molecule has 0 spiro atoms. The fraction of sp³-hybridized carbons (Fsp3) is 0.227. The van der Waals surface area contributed by atoms with Crippen molar-refractivity contribution >= 4 is 23.2 Å². The number of rotatable bonds is 4. The molecule has 0 saturated carbocycles. The van der Waals surface area contributed by atoms with Crippen LogP contribution in [0, 0.1) is 6.92 Å². The molecule has 2 heterocycles. The van der Waals surface area contributed by atoms with Crippen LogP contribution in [0.5, 0.6) is 5.75 Å². The Hall–Kier alpha value is -3.81. The number of fused-ring (bicyclic) bond motifs is 1. The molecule has 2 aromatic carbocycles. The highest BCUT2D eigenvalue weighted by Gasteiger charge is 2.32. The predicted octanol–water partition coefficient (Wildman–Crippen LogP) is 2.24. The minimum Gasteiger partial charge on any atom is -0.479 e. The number of anilines is 2. The average molecular weight is 406 g/mol. The second kappa shape index (κ2) is 7.55. The van der Waals surface area contributed by atoms with Crippen LogP contribution < -0.4 is 20.5 Å². The number of nitrogens with zero attached hydrogens (tertiary/aromatic N) is 3. The fourth-order valence-electron chi connectivity index (χ4n) is 3.56. The number of aromatic nitrogens is 2. The molecule has 0 aliphatic carbocycles. The topological polar surface area (TPSA) is 85.6 Å². The lowest BCUT2D eigenvalue weighted by molar-refractivity contribution is -0.127. The largest absolute Gasteiger partial charge is 0.479 e. The Morgan fingerprint density at radius 3 is 2.47 bits per heavy atom. The van der Waals surface area contributed by atoms with Crippen molar-refractivity contribution in [3.05, 3.63) is 70.6 Å². The van der Waals surface area contributed by atoms with Gasteiger partial charge >= 0.3 is 0 Å². The summed E-state index contributed by atoms with van der Waals surface area (Å²) in [7, 11) is 1.75. The van der Waals surface area contributed by atoms with E-state index in [0.29, 0.717) is 22.8 Å². The zero-order chi connectivity index (χ0) is 21.4. The first-order valence-electron chi connectivity index (χ1n) is 9.59. The third-order valence-corrected chi connectivity index (χ3v) is 5.19. The predicted molar refractivity (Wildman–Crippen MR) is 113 cm³/mol. The van der Waals surface area contributed by atoms with Crippen LogP contribution in [0.3, 0.4) is 0 Å². The number of nitrogens with one attached hydrogen (secondary N) is 1. The Morgan fingerprint density at radius 2 is 1.73 bits per heavy atom. The number of hydrogen-bond donors (Lipinski definition) is 1. The van der Waals surface area contributed by atoms with E-state index in [1.807, 2.05) is 30.3 Å². The van der Waals surface area contributed by atoms with Crippen LogP contribution in [-0.4, -0.2) is 33.8 Å². The highest BCUT2D eigenvalue weighted by atomic mass is 16.5. The Labute approximate surface area is 173 Å². The van der Waals surface area contributed by atoms with Gasteiger partial charge in [-0.1, -0.05) is 30.3 Å². The lowest BCUT2D eigenvalue weighted by Gasteiger charge is -2.32. The highest BCUT2D eigenvalue weighted by Crippen LogP contribution is 2.33. The summed E-state index contributed by atoms with van der Waals surface area (Å²) in [5.74, 6) is -0.228. The van der Waals surface area contributed by atoms with E-state index in [4.69, 9.17) is 4.74 Å². The molecule has 0 saturated heterocycles. The van der Waals surface area contributed by atoms with E-state index in [2.05, 4.69) is 5.32 Å². The maximum Gasteiger partial charge on any atom is 0.295 e. The van der Waals surface area contributed by atoms with E-state index >= 15 is 0 Å².